The molecule has 0 unspecified atom stereocenters. The Labute approximate surface area is 126 Å². The lowest BCUT2D eigenvalue weighted by Gasteiger charge is -2.16. The maximum absolute atomic E-state index is 11.3. The summed E-state index contributed by atoms with van der Waals surface area (Å²) in [6, 6.07) is 16.6. The highest BCUT2D eigenvalue weighted by molar-refractivity contribution is 5.72. The highest BCUT2D eigenvalue weighted by Gasteiger charge is 2.04. The molecule has 0 bridgehead atoms. The number of anilines is 1. The zero-order valence-electron chi connectivity index (χ0n) is 12.9. The van der Waals surface area contributed by atoms with E-state index in [9.17, 15) is 4.79 Å². The molecule has 2 rings (SSSR count). The highest BCUT2D eigenvalue weighted by atomic mass is 16.2. The smallest absolute Gasteiger partial charge is 0.219 e. The molecule has 0 aliphatic heterocycles. The third-order valence-corrected chi connectivity index (χ3v) is 3.63. The third-order valence-electron chi connectivity index (χ3n) is 3.63. The molecule has 0 saturated carbocycles. The van der Waals surface area contributed by atoms with Crippen molar-refractivity contribution in [3.63, 3.8) is 0 Å². The first-order chi connectivity index (χ1) is 10.1. The molecule has 0 radical (unpaired) electrons. The molecular formula is C18H22N2O. The Hall–Kier alpha value is -2.29. The van der Waals surface area contributed by atoms with Crippen molar-refractivity contribution in [3.8, 4) is 0 Å². The number of nitrogens with zero attached hydrogens (tertiary/aromatic N) is 1. The summed E-state index contributed by atoms with van der Waals surface area (Å²) in [6.45, 7) is 5.14. The van der Waals surface area contributed by atoms with Crippen LogP contribution in [-0.4, -0.2) is 17.9 Å². The van der Waals surface area contributed by atoms with Crippen LogP contribution in [-0.2, 0) is 17.9 Å². The molecule has 110 valence electrons. The lowest BCUT2D eigenvalue weighted by molar-refractivity contribution is -0.128. The standard InChI is InChI=1S/C18H22N2O/c1-14-7-4-5-9-17(14)12-19-18-10-6-8-16(11-18)13-20(3)15(2)21/h4-11,19H,12-13H2,1-3H3. The Bertz CT molecular complexity index is 622. The zero-order valence-corrected chi connectivity index (χ0v) is 12.9. The van der Waals surface area contributed by atoms with Gasteiger partial charge in [0, 0.05) is 32.7 Å². The number of hydrogen-bond acceptors (Lipinski definition) is 2. The topological polar surface area (TPSA) is 32.3 Å². The van der Waals surface area contributed by atoms with Gasteiger partial charge in [0.15, 0.2) is 0 Å². The number of carbonyl (C=O) groups excluding carboxylic acids is 1. The van der Waals surface area contributed by atoms with E-state index in [1.54, 1.807) is 11.8 Å². The highest BCUT2D eigenvalue weighted by Crippen LogP contribution is 2.15. The van der Waals surface area contributed by atoms with E-state index in [2.05, 4.69) is 48.6 Å². The van der Waals surface area contributed by atoms with Crippen molar-refractivity contribution in [1.82, 2.24) is 4.90 Å². The second-order valence-electron chi connectivity index (χ2n) is 5.36. The fraction of sp³-hybridized carbons (Fsp3) is 0.278. The van der Waals surface area contributed by atoms with Crippen LogP contribution < -0.4 is 5.32 Å². The summed E-state index contributed by atoms with van der Waals surface area (Å²) in [7, 11) is 1.82. The van der Waals surface area contributed by atoms with Crippen molar-refractivity contribution in [2.24, 2.45) is 0 Å². The predicted molar refractivity (Wildman–Crippen MR) is 87.1 cm³/mol. The van der Waals surface area contributed by atoms with Gasteiger partial charge >= 0.3 is 0 Å². The third kappa shape index (κ3) is 4.35. The molecule has 1 amide bonds. The van der Waals surface area contributed by atoms with Gasteiger partial charge in [0.05, 0.1) is 0 Å². The first-order valence-corrected chi connectivity index (χ1v) is 7.15. The van der Waals surface area contributed by atoms with Gasteiger partial charge in [-0.2, -0.15) is 0 Å². The number of nitrogens with one attached hydrogen (secondary N) is 1. The van der Waals surface area contributed by atoms with E-state index < -0.39 is 0 Å². The number of benzene rings is 2. The molecule has 0 spiro atoms. The minimum atomic E-state index is 0.0771. The monoisotopic (exact) mass is 282 g/mol. The number of amides is 1. The van der Waals surface area contributed by atoms with Gasteiger partial charge in [-0.25, -0.2) is 0 Å². The van der Waals surface area contributed by atoms with Gasteiger partial charge in [0.2, 0.25) is 5.91 Å². The normalized spacial score (nSPS) is 10.2. The maximum Gasteiger partial charge on any atom is 0.219 e. The molecule has 2 aromatic rings. The van der Waals surface area contributed by atoms with E-state index in [4.69, 9.17) is 0 Å². The van der Waals surface area contributed by atoms with E-state index >= 15 is 0 Å². The average Bonchev–Trinajstić information content (AvgIpc) is 2.46. The van der Waals surface area contributed by atoms with Crippen molar-refractivity contribution in [2.75, 3.05) is 12.4 Å². The second-order valence-corrected chi connectivity index (χ2v) is 5.36. The van der Waals surface area contributed by atoms with Gasteiger partial charge in [-0.05, 0) is 35.7 Å². The minimum Gasteiger partial charge on any atom is -0.381 e. The summed E-state index contributed by atoms with van der Waals surface area (Å²) in [6.07, 6.45) is 0. The van der Waals surface area contributed by atoms with Gasteiger partial charge < -0.3 is 10.2 Å². The van der Waals surface area contributed by atoms with Crippen LogP contribution in [0.2, 0.25) is 0 Å². The van der Waals surface area contributed by atoms with Crippen LogP contribution in [0.4, 0.5) is 5.69 Å². The van der Waals surface area contributed by atoms with Crippen molar-refractivity contribution >= 4 is 11.6 Å². The number of hydrogen-bond donors (Lipinski definition) is 1. The van der Waals surface area contributed by atoms with Gasteiger partial charge in [0.1, 0.15) is 0 Å². The molecule has 0 atom stereocenters. The number of carbonyl (C=O) groups is 1. The zero-order chi connectivity index (χ0) is 15.2. The van der Waals surface area contributed by atoms with Gasteiger partial charge in [-0.1, -0.05) is 36.4 Å². The molecular weight excluding hydrogens is 260 g/mol. The quantitative estimate of drug-likeness (QED) is 0.909. The fourth-order valence-electron chi connectivity index (χ4n) is 2.17. The summed E-state index contributed by atoms with van der Waals surface area (Å²) >= 11 is 0. The van der Waals surface area contributed by atoms with Crippen molar-refractivity contribution < 1.29 is 4.79 Å². The molecule has 0 saturated heterocycles. The lowest BCUT2D eigenvalue weighted by atomic mass is 10.1. The van der Waals surface area contributed by atoms with Crippen molar-refractivity contribution in [2.45, 2.75) is 26.9 Å². The molecule has 1 N–H and O–H groups in total. The van der Waals surface area contributed by atoms with Crippen LogP contribution in [0.3, 0.4) is 0 Å². The summed E-state index contributed by atoms with van der Waals surface area (Å²) in [4.78, 5) is 13.0. The molecule has 21 heavy (non-hydrogen) atoms. The van der Waals surface area contributed by atoms with Gasteiger partial charge in [-0.3, -0.25) is 4.79 Å². The molecule has 0 aliphatic carbocycles. The predicted octanol–water partition coefficient (Wildman–Crippen LogP) is 3.59. The van der Waals surface area contributed by atoms with Crippen LogP contribution in [0, 0.1) is 6.92 Å². The van der Waals surface area contributed by atoms with Gasteiger partial charge in [-0.15, -0.1) is 0 Å². The van der Waals surface area contributed by atoms with E-state index in [1.165, 1.54) is 11.1 Å². The summed E-state index contributed by atoms with van der Waals surface area (Å²) in [5.74, 6) is 0.0771. The van der Waals surface area contributed by atoms with Crippen LogP contribution in [0.15, 0.2) is 48.5 Å². The lowest BCUT2D eigenvalue weighted by Crippen LogP contribution is -2.23. The molecule has 3 heteroatoms. The molecule has 0 aromatic heterocycles. The number of aryl methyl sites for hydroxylation is 1. The first-order valence-electron chi connectivity index (χ1n) is 7.15. The molecule has 0 fully saturated rings. The van der Waals surface area contributed by atoms with E-state index in [1.807, 2.05) is 19.2 Å². The van der Waals surface area contributed by atoms with Crippen LogP contribution in [0.25, 0.3) is 0 Å². The Morgan fingerprint density at radius 1 is 1.14 bits per heavy atom. The van der Waals surface area contributed by atoms with E-state index in [0.29, 0.717) is 6.54 Å². The van der Waals surface area contributed by atoms with Crippen molar-refractivity contribution in [1.29, 1.82) is 0 Å². The molecule has 0 aliphatic rings. The second kappa shape index (κ2) is 6.93. The Morgan fingerprint density at radius 3 is 2.62 bits per heavy atom. The molecule has 0 heterocycles. The average molecular weight is 282 g/mol. The minimum absolute atomic E-state index is 0.0771. The summed E-state index contributed by atoms with van der Waals surface area (Å²) in [5.41, 5.74) is 4.79. The Morgan fingerprint density at radius 2 is 1.90 bits per heavy atom. The summed E-state index contributed by atoms with van der Waals surface area (Å²) in [5, 5.41) is 3.44. The molecule has 3 nitrogen and oxygen atoms in total. The van der Waals surface area contributed by atoms with Crippen molar-refractivity contribution in [3.05, 3.63) is 65.2 Å². The molecule has 2 aromatic carbocycles. The SMILES string of the molecule is CC(=O)N(C)Cc1cccc(NCc2ccccc2C)c1. The van der Waals surface area contributed by atoms with Crippen LogP contribution in [0.5, 0.6) is 0 Å². The fourth-order valence-corrected chi connectivity index (χ4v) is 2.17. The van der Waals surface area contributed by atoms with Crippen LogP contribution in [0.1, 0.15) is 23.6 Å². The maximum atomic E-state index is 11.3. The summed E-state index contributed by atoms with van der Waals surface area (Å²) < 4.78 is 0. The Balaban J connectivity index is 2.01. The largest absolute Gasteiger partial charge is 0.381 e. The Kier molecular flexibility index (Phi) is 4.99. The van der Waals surface area contributed by atoms with E-state index in [-0.39, 0.29) is 5.91 Å². The first kappa shape index (κ1) is 15.1. The van der Waals surface area contributed by atoms with E-state index in [0.717, 1.165) is 17.8 Å². The van der Waals surface area contributed by atoms with Gasteiger partial charge in [0.25, 0.3) is 0 Å². The number of rotatable bonds is 5. The van der Waals surface area contributed by atoms with Crippen LogP contribution >= 0.6 is 0 Å².